The number of aryl methyl sites for hydroxylation is 1. The summed E-state index contributed by atoms with van der Waals surface area (Å²) in [5, 5.41) is 3.00. The Kier molecular flexibility index (Phi) is 5.56. The van der Waals surface area contributed by atoms with Crippen molar-refractivity contribution >= 4 is 15.9 Å². The lowest BCUT2D eigenvalue weighted by Crippen LogP contribution is -2.46. The second-order valence-corrected chi connectivity index (χ2v) is 8.97. The molecular formula is C18H26N2O3S. The topological polar surface area (TPSA) is 66.5 Å². The van der Waals surface area contributed by atoms with E-state index in [1.165, 1.54) is 4.31 Å². The zero-order valence-electron chi connectivity index (χ0n) is 14.0. The summed E-state index contributed by atoms with van der Waals surface area (Å²) in [7, 11) is -3.28. The van der Waals surface area contributed by atoms with Crippen molar-refractivity contribution < 1.29 is 13.2 Å². The van der Waals surface area contributed by atoms with Gasteiger partial charge in [-0.1, -0.05) is 30.3 Å². The normalized spacial score (nSPS) is 22.2. The molecule has 1 saturated heterocycles. The summed E-state index contributed by atoms with van der Waals surface area (Å²) in [6.07, 6.45) is 5.04. The highest BCUT2D eigenvalue weighted by Crippen LogP contribution is 2.23. The van der Waals surface area contributed by atoms with Gasteiger partial charge in [0, 0.05) is 19.1 Å². The summed E-state index contributed by atoms with van der Waals surface area (Å²) in [5.41, 5.74) is 1.16. The summed E-state index contributed by atoms with van der Waals surface area (Å²) in [5.74, 6) is -0.0105. The number of hydrogen-bond donors (Lipinski definition) is 1. The standard InChI is InChI=1S/C18H26N2O3S/c21-18(19-17-10-11-17)16-9-4-12-20(14-16)24(22,23)13-5-8-15-6-2-1-3-7-15/h1-3,6-7,16-17H,4-5,8-14H2,(H,19,21)/t16-/m1/s1. The number of rotatable bonds is 7. The van der Waals surface area contributed by atoms with Crippen molar-refractivity contribution in [2.75, 3.05) is 18.8 Å². The Hall–Kier alpha value is -1.40. The van der Waals surface area contributed by atoms with E-state index in [4.69, 9.17) is 0 Å². The van der Waals surface area contributed by atoms with Gasteiger partial charge in [-0.15, -0.1) is 0 Å². The van der Waals surface area contributed by atoms with E-state index in [9.17, 15) is 13.2 Å². The molecule has 5 nitrogen and oxygen atoms in total. The summed E-state index contributed by atoms with van der Waals surface area (Å²) < 4.78 is 26.7. The number of piperidine rings is 1. The first-order valence-electron chi connectivity index (χ1n) is 8.87. The monoisotopic (exact) mass is 350 g/mol. The highest BCUT2D eigenvalue weighted by Gasteiger charge is 2.34. The van der Waals surface area contributed by atoms with Crippen molar-refractivity contribution in [1.82, 2.24) is 9.62 Å². The number of benzene rings is 1. The number of nitrogens with one attached hydrogen (secondary N) is 1. The molecule has 1 aromatic carbocycles. The van der Waals surface area contributed by atoms with Crippen LogP contribution in [-0.4, -0.2) is 43.5 Å². The molecule has 1 heterocycles. The Morgan fingerprint density at radius 1 is 1.17 bits per heavy atom. The molecule has 1 amide bonds. The van der Waals surface area contributed by atoms with E-state index in [-0.39, 0.29) is 17.6 Å². The third kappa shape index (κ3) is 4.80. The van der Waals surface area contributed by atoms with E-state index in [2.05, 4.69) is 5.32 Å². The van der Waals surface area contributed by atoms with Crippen LogP contribution in [0.4, 0.5) is 0 Å². The van der Waals surface area contributed by atoms with Crippen LogP contribution < -0.4 is 5.32 Å². The SMILES string of the molecule is O=C(NC1CC1)[C@@H]1CCCN(S(=O)(=O)CCCc2ccccc2)C1. The highest BCUT2D eigenvalue weighted by atomic mass is 32.2. The van der Waals surface area contributed by atoms with Crippen LogP contribution in [0.15, 0.2) is 30.3 Å². The smallest absolute Gasteiger partial charge is 0.224 e. The van der Waals surface area contributed by atoms with Crippen LogP contribution in [0.25, 0.3) is 0 Å². The van der Waals surface area contributed by atoms with Gasteiger partial charge in [0.2, 0.25) is 15.9 Å². The van der Waals surface area contributed by atoms with E-state index >= 15 is 0 Å². The maximum Gasteiger partial charge on any atom is 0.224 e. The quantitative estimate of drug-likeness (QED) is 0.817. The molecule has 1 aliphatic heterocycles. The molecule has 2 aliphatic rings. The van der Waals surface area contributed by atoms with Crippen molar-refractivity contribution in [3.05, 3.63) is 35.9 Å². The molecule has 132 valence electrons. The Morgan fingerprint density at radius 2 is 1.92 bits per heavy atom. The molecule has 1 atom stereocenters. The van der Waals surface area contributed by atoms with Crippen LogP contribution in [-0.2, 0) is 21.2 Å². The van der Waals surface area contributed by atoms with Crippen LogP contribution >= 0.6 is 0 Å². The van der Waals surface area contributed by atoms with Gasteiger partial charge < -0.3 is 5.32 Å². The Balaban J connectivity index is 1.50. The molecule has 3 rings (SSSR count). The molecular weight excluding hydrogens is 324 g/mol. The molecule has 0 unspecified atom stereocenters. The molecule has 0 bridgehead atoms. The summed E-state index contributed by atoms with van der Waals surface area (Å²) in [6, 6.07) is 10.3. The van der Waals surface area contributed by atoms with Crippen molar-refractivity contribution in [2.24, 2.45) is 5.92 Å². The summed E-state index contributed by atoms with van der Waals surface area (Å²) >= 11 is 0. The van der Waals surface area contributed by atoms with Gasteiger partial charge in [0.1, 0.15) is 0 Å². The molecule has 0 spiro atoms. The molecule has 24 heavy (non-hydrogen) atoms. The fourth-order valence-corrected chi connectivity index (χ4v) is 4.77. The second kappa shape index (κ2) is 7.66. The van der Waals surface area contributed by atoms with Crippen LogP contribution in [0.2, 0.25) is 0 Å². The minimum atomic E-state index is -3.28. The Bertz CT molecular complexity index is 656. The highest BCUT2D eigenvalue weighted by molar-refractivity contribution is 7.89. The minimum Gasteiger partial charge on any atom is -0.353 e. The number of amides is 1. The number of carbonyl (C=O) groups excluding carboxylic acids is 1. The van der Waals surface area contributed by atoms with E-state index in [1.807, 2.05) is 30.3 Å². The molecule has 1 saturated carbocycles. The first-order chi connectivity index (χ1) is 11.5. The van der Waals surface area contributed by atoms with Crippen molar-refractivity contribution in [3.8, 4) is 0 Å². The van der Waals surface area contributed by atoms with Crippen LogP contribution in [0.3, 0.4) is 0 Å². The summed E-state index contributed by atoms with van der Waals surface area (Å²) in [6.45, 7) is 0.882. The van der Waals surface area contributed by atoms with E-state index in [0.29, 0.717) is 25.6 Å². The molecule has 0 radical (unpaired) electrons. The van der Waals surface area contributed by atoms with Gasteiger partial charge in [0.05, 0.1) is 11.7 Å². The maximum absolute atomic E-state index is 12.6. The van der Waals surface area contributed by atoms with Gasteiger partial charge in [-0.3, -0.25) is 4.79 Å². The molecule has 0 aromatic heterocycles. The molecule has 6 heteroatoms. The number of hydrogen-bond acceptors (Lipinski definition) is 3. The zero-order chi connectivity index (χ0) is 17.0. The van der Waals surface area contributed by atoms with Crippen molar-refractivity contribution in [2.45, 2.75) is 44.6 Å². The van der Waals surface area contributed by atoms with Crippen LogP contribution in [0.5, 0.6) is 0 Å². The fraction of sp³-hybridized carbons (Fsp3) is 0.611. The minimum absolute atomic E-state index is 0.0293. The van der Waals surface area contributed by atoms with Crippen molar-refractivity contribution in [1.29, 1.82) is 0 Å². The second-order valence-electron chi connectivity index (χ2n) is 6.89. The number of sulfonamides is 1. The predicted molar refractivity (Wildman–Crippen MR) is 94.0 cm³/mol. The van der Waals surface area contributed by atoms with Crippen molar-refractivity contribution in [3.63, 3.8) is 0 Å². The van der Waals surface area contributed by atoms with Gasteiger partial charge in [-0.2, -0.15) is 0 Å². The van der Waals surface area contributed by atoms with Crippen LogP contribution in [0, 0.1) is 5.92 Å². The average Bonchev–Trinajstić information content (AvgIpc) is 3.40. The Labute approximate surface area is 144 Å². The van der Waals surface area contributed by atoms with Gasteiger partial charge >= 0.3 is 0 Å². The van der Waals surface area contributed by atoms with E-state index < -0.39 is 10.0 Å². The van der Waals surface area contributed by atoms with Gasteiger partial charge in [0.25, 0.3) is 0 Å². The van der Waals surface area contributed by atoms with E-state index in [1.54, 1.807) is 0 Å². The predicted octanol–water partition coefficient (Wildman–Crippen LogP) is 1.94. The summed E-state index contributed by atoms with van der Waals surface area (Å²) in [4.78, 5) is 12.2. The van der Waals surface area contributed by atoms with Gasteiger partial charge in [-0.25, -0.2) is 12.7 Å². The molecule has 2 fully saturated rings. The average molecular weight is 350 g/mol. The lowest BCUT2D eigenvalue weighted by molar-refractivity contribution is -0.126. The first kappa shape index (κ1) is 17.4. The largest absolute Gasteiger partial charge is 0.353 e. The Morgan fingerprint density at radius 3 is 2.62 bits per heavy atom. The number of carbonyl (C=O) groups is 1. The fourth-order valence-electron chi connectivity index (χ4n) is 3.19. The third-order valence-electron chi connectivity index (χ3n) is 4.78. The lowest BCUT2D eigenvalue weighted by Gasteiger charge is -2.31. The first-order valence-corrected chi connectivity index (χ1v) is 10.5. The van der Waals surface area contributed by atoms with E-state index in [0.717, 1.165) is 37.7 Å². The molecule has 1 N–H and O–H groups in total. The van der Waals surface area contributed by atoms with Gasteiger partial charge in [0.15, 0.2) is 0 Å². The van der Waals surface area contributed by atoms with Gasteiger partial charge in [-0.05, 0) is 44.1 Å². The molecule has 1 aliphatic carbocycles. The number of nitrogens with zero attached hydrogens (tertiary/aromatic N) is 1. The lowest BCUT2D eigenvalue weighted by atomic mass is 9.99. The maximum atomic E-state index is 12.6. The molecule has 1 aromatic rings. The third-order valence-corrected chi connectivity index (χ3v) is 6.71. The van der Waals surface area contributed by atoms with Crippen LogP contribution in [0.1, 0.15) is 37.7 Å². The zero-order valence-corrected chi connectivity index (χ0v) is 14.8.